The van der Waals surface area contributed by atoms with E-state index in [1.54, 1.807) is 27.7 Å². The molecule has 0 radical (unpaired) electrons. The second-order valence-corrected chi connectivity index (χ2v) is 4.47. The zero-order chi connectivity index (χ0) is 13.1. The highest BCUT2D eigenvalue weighted by atomic mass is 35.5. The number of aryl methyl sites for hydroxylation is 1. The Labute approximate surface area is 114 Å². The minimum absolute atomic E-state index is 0.598. The summed E-state index contributed by atoms with van der Waals surface area (Å²) in [6.07, 6.45) is 6.15. The zero-order valence-electron chi connectivity index (χ0n) is 10.1. The average molecular weight is 278 g/mol. The van der Waals surface area contributed by atoms with Gasteiger partial charge >= 0.3 is 0 Å². The average Bonchev–Trinajstić information content (AvgIpc) is 3.02. The van der Waals surface area contributed by atoms with Crippen molar-refractivity contribution >= 4 is 23.2 Å². The van der Waals surface area contributed by atoms with E-state index in [4.69, 9.17) is 11.6 Å². The van der Waals surface area contributed by atoms with Crippen LogP contribution in [0.15, 0.2) is 30.7 Å². The SMILES string of the molecule is Clc1ccc2nc(NCCCn3ccnn3)nn2c1. The van der Waals surface area contributed by atoms with Crippen molar-refractivity contribution in [1.29, 1.82) is 0 Å². The van der Waals surface area contributed by atoms with Gasteiger partial charge in [0.05, 0.1) is 11.2 Å². The number of pyridine rings is 1. The molecule has 3 heterocycles. The molecule has 3 aromatic rings. The fourth-order valence-electron chi connectivity index (χ4n) is 1.73. The van der Waals surface area contributed by atoms with Gasteiger partial charge in [0.25, 0.3) is 0 Å². The quantitative estimate of drug-likeness (QED) is 0.715. The highest BCUT2D eigenvalue weighted by Crippen LogP contribution is 2.11. The van der Waals surface area contributed by atoms with Crippen LogP contribution >= 0.6 is 11.6 Å². The lowest BCUT2D eigenvalue weighted by Crippen LogP contribution is -2.08. The summed E-state index contributed by atoms with van der Waals surface area (Å²) in [6, 6.07) is 3.62. The van der Waals surface area contributed by atoms with Crippen LogP contribution in [-0.4, -0.2) is 36.1 Å². The second kappa shape index (κ2) is 5.23. The number of halogens is 1. The van der Waals surface area contributed by atoms with E-state index in [1.165, 1.54) is 0 Å². The van der Waals surface area contributed by atoms with E-state index in [0.29, 0.717) is 11.0 Å². The van der Waals surface area contributed by atoms with Crippen molar-refractivity contribution in [3.63, 3.8) is 0 Å². The maximum Gasteiger partial charge on any atom is 0.243 e. The summed E-state index contributed by atoms with van der Waals surface area (Å²) >= 11 is 5.89. The zero-order valence-corrected chi connectivity index (χ0v) is 10.8. The molecule has 0 aliphatic rings. The van der Waals surface area contributed by atoms with Crippen molar-refractivity contribution in [1.82, 2.24) is 29.6 Å². The minimum Gasteiger partial charge on any atom is -0.353 e. The number of anilines is 1. The summed E-state index contributed by atoms with van der Waals surface area (Å²) in [6.45, 7) is 1.58. The number of hydrogen-bond donors (Lipinski definition) is 1. The topological polar surface area (TPSA) is 72.9 Å². The van der Waals surface area contributed by atoms with E-state index in [9.17, 15) is 0 Å². The fourth-order valence-corrected chi connectivity index (χ4v) is 1.88. The van der Waals surface area contributed by atoms with Crippen LogP contribution in [0.2, 0.25) is 5.02 Å². The Bertz CT molecular complexity index is 661. The monoisotopic (exact) mass is 277 g/mol. The molecular formula is C11H12ClN7. The van der Waals surface area contributed by atoms with E-state index in [2.05, 4.69) is 25.7 Å². The van der Waals surface area contributed by atoms with Crippen molar-refractivity contribution in [2.75, 3.05) is 11.9 Å². The summed E-state index contributed by atoms with van der Waals surface area (Å²) in [7, 11) is 0. The first-order valence-electron chi connectivity index (χ1n) is 5.91. The minimum atomic E-state index is 0.598. The number of nitrogens with one attached hydrogen (secondary N) is 1. The normalized spacial score (nSPS) is 11.0. The van der Waals surface area contributed by atoms with Crippen LogP contribution in [0.4, 0.5) is 5.95 Å². The van der Waals surface area contributed by atoms with Crippen molar-refractivity contribution in [2.45, 2.75) is 13.0 Å². The van der Waals surface area contributed by atoms with Crippen LogP contribution in [0, 0.1) is 0 Å². The molecule has 0 spiro atoms. The Morgan fingerprint density at radius 1 is 1.32 bits per heavy atom. The van der Waals surface area contributed by atoms with Crippen LogP contribution in [0.25, 0.3) is 5.65 Å². The van der Waals surface area contributed by atoms with Crippen molar-refractivity contribution in [3.05, 3.63) is 35.7 Å². The Balaban J connectivity index is 1.56. The van der Waals surface area contributed by atoms with Crippen LogP contribution in [-0.2, 0) is 6.54 Å². The third-order valence-electron chi connectivity index (χ3n) is 2.61. The highest BCUT2D eigenvalue weighted by Gasteiger charge is 2.02. The molecule has 1 N–H and O–H groups in total. The Kier molecular flexibility index (Phi) is 3.28. The molecule has 0 saturated carbocycles. The molecule has 98 valence electrons. The van der Waals surface area contributed by atoms with Gasteiger partial charge < -0.3 is 5.32 Å². The third kappa shape index (κ3) is 2.82. The number of hydrogen-bond acceptors (Lipinski definition) is 5. The van der Waals surface area contributed by atoms with E-state index in [0.717, 1.165) is 25.2 Å². The predicted molar refractivity (Wildman–Crippen MR) is 71.1 cm³/mol. The fraction of sp³-hybridized carbons (Fsp3) is 0.273. The largest absolute Gasteiger partial charge is 0.353 e. The number of nitrogens with zero attached hydrogens (tertiary/aromatic N) is 6. The molecule has 3 aromatic heterocycles. The lowest BCUT2D eigenvalue weighted by atomic mass is 10.4. The van der Waals surface area contributed by atoms with Gasteiger partial charge in [0, 0.05) is 25.5 Å². The molecular weight excluding hydrogens is 266 g/mol. The van der Waals surface area contributed by atoms with Gasteiger partial charge in [-0.15, -0.1) is 10.2 Å². The van der Waals surface area contributed by atoms with Crippen molar-refractivity contribution < 1.29 is 0 Å². The van der Waals surface area contributed by atoms with Crippen LogP contribution in [0.5, 0.6) is 0 Å². The summed E-state index contributed by atoms with van der Waals surface area (Å²) < 4.78 is 3.45. The predicted octanol–water partition coefficient (Wildman–Crippen LogP) is 1.48. The van der Waals surface area contributed by atoms with Gasteiger partial charge in [-0.25, -0.2) is 4.52 Å². The molecule has 8 heteroatoms. The molecule has 0 atom stereocenters. The van der Waals surface area contributed by atoms with E-state index in [1.807, 2.05) is 12.3 Å². The van der Waals surface area contributed by atoms with Gasteiger partial charge in [0.15, 0.2) is 5.65 Å². The molecule has 0 unspecified atom stereocenters. The summed E-state index contributed by atoms with van der Waals surface area (Å²) in [4.78, 5) is 4.34. The number of fused-ring (bicyclic) bond motifs is 1. The molecule has 0 aliphatic carbocycles. The first kappa shape index (κ1) is 11.9. The summed E-state index contributed by atoms with van der Waals surface area (Å²) in [5, 5.41) is 15.7. The number of aromatic nitrogens is 6. The Morgan fingerprint density at radius 3 is 3.11 bits per heavy atom. The molecule has 19 heavy (non-hydrogen) atoms. The van der Waals surface area contributed by atoms with Crippen LogP contribution in [0.1, 0.15) is 6.42 Å². The maximum atomic E-state index is 5.89. The van der Waals surface area contributed by atoms with Gasteiger partial charge in [-0.2, -0.15) is 4.98 Å². The van der Waals surface area contributed by atoms with Crippen molar-refractivity contribution in [2.24, 2.45) is 0 Å². The van der Waals surface area contributed by atoms with Gasteiger partial charge in [0.2, 0.25) is 5.95 Å². The van der Waals surface area contributed by atoms with Crippen LogP contribution in [0.3, 0.4) is 0 Å². The van der Waals surface area contributed by atoms with E-state index < -0.39 is 0 Å². The van der Waals surface area contributed by atoms with E-state index >= 15 is 0 Å². The smallest absolute Gasteiger partial charge is 0.243 e. The molecule has 0 bridgehead atoms. The molecule has 0 amide bonds. The second-order valence-electron chi connectivity index (χ2n) is 4.03. The lowest BCUT2D eigenvalue weighted by Gasteiger charge is -2.01. The van der Waals surface area contributed by atoms with E-state index in [-0.39, 0.29) is 0 Å². The third-order valence-corrected chi connectivity index (χ3v) is 2.84. The standard InChI is InChI=1S/C11H12ClN7/c12-9-2-3-10-15-11(16-19(10)8-9)13-4-1-6-18-7-5-14-17-18/h2-3,5,7-8H,1,4,6H2,(H,13,16). The Morgan fingerprint density at radius 2 is 2.26 bits per heavy atom. The number of rotatable bonds is 5. The van der Waals surface area contributed by atoms with Gasteiger partial charge in [-0.3, -0.25) is 4.68 Å². The highest BCUT2D eigenvalue weighted by molar-refractivity contribution is 6.30. The van der Waals surface area contributed by atoms with Crippen LogP contribution < -0.4 is 5.32 Å². The van der Waals surface area contributed by atoms with Crippen molar-refractivity contribution in [3.8, 4) is 0 Å². The maximum absolute atomic E-state index is 5.89. The first-order valence-corrected chi connectivity index (χ1v) is 6.29. The Hall–Kier alpha value is -2.15. The van der Waals surface area contributed by atoms with Gasteiger partial charge in [-0.1, -0.05) is 16.8 Å². The lowest BCUT2D eigenvalue weighted by molar-refractivity contribution is 0.569. The molecule has 0 aromatic carbocycles. The molecule has 0 saturated heterocycles. The van der Waals surface area contributed by atoms with Gasteiger partial charge in [-0.05, 0) is 18.6 Å². The molecule has 0 aliphatic heterocycles. The molecule has 7 nitrogen and oxygen atoms in total. The first-order chi connectivity index (χ1) is 9.31. The van der Waals surface area contributed by atoms with Gasteiger partial charge in [0.1, 0.15) is 0 Å². The summed E-state index contributed by atoms with van der Waals surface area (Å²) in [5.74, 6) is 0.598. The summed E-state index contributed by atoms with van der Waals surface area (Å²) in [5.41, 5.74) is 0.767. The molecule has 0 fully saturated rings. The molecule has 3 rings (SSSR count).